The zero-order chi connectivity index (χ0) is 26.7. The lowest BCUT2D eigenvalue weighted by molar-refractivity contribution is -0.136. The third-order valence-corrected chi connectivity index (χ3v) is 7.28. The van der Waals surface area contributed by atoms with Gasteiger partial charge in [0.1, 0.15) is 17.9 Å². The van der Waals surface area contributed by atoms with Gasteiger partial charge in [0, 0.05) is 31.1 Å². The van der Waals surface area contributed by atoms with Gasteiger partial charge in [0.15, 0.2) is 0 Å². The average Bonchev–Trinajstić information content (AvgIpc) is 3.14. The number of carbonyl (C=O) groups excluding carboxylic acids is 5. The minimum Gasteiger partial charge on any atom is -0.444 e. The molecule has 0 aromatic heterocycles. The van der Waals surface area contributed by atoms with Gasteiger partial charge in [-0.05, 0) is 76.0 Å². The Kier molecular flexibility index (Phi) is 7.96. The minimum absolute atomic E-state index is 0.0416. The van der Waals surface area contributed by atoms with Crippen molar-refractivity contribution in [3.05, 3.63) is 34.9 Å². The van der Waals surface area contributed by atoms with Gasteiger partial charge in [-0.2, -0.15) is 0 Å². The maximum Gasteiger partial charge on any atom is 0.407 e. The van der Waals surface area contributed by atoms with Crippen LogP contribution in [0, 0.1) is 5.92 Å². The van der Waals surface area contributed by atoms with E-state index in [9.17, 15) is 24.0 Å². The second kappa shape index (κ2) is 11.0. The van der Waals surface area contributed by atoms with Gasteiger partial charge in [-0.15, -0.1) is 0 Å². The van der Waals surface area contributed by atoms with Crippen LogP contribution in [0.5, 0.6) is 0 Å². The Morgan fingerprint density at radius 1 is 1.16 bits per heavy atom. The van der Waals surface area contributed by atoms with E-state index in [2.05, 4.69) is 16.0 Å². The summed E-state index contributed by atoms with van der Waals surface area (Å²) in [6, 6.07) is 4.66. The summed E-state index contributed by atoms with van der Waals surface area (Å²) in [5.41, 5.74) is 1.81. The number of fused-ring (bicyclic) bond motifs is 1. The Balaban J connectivity index is 1.28. The van der Waals surface area contributed by atoms with Crippen molar-refractivity contribution < 1.29 is 28.7 Å². The largest absolute Gasteiger partial charge is 0.444 e. The number of piperidine rings is 1. The van der Waals surface area contributed by atoms with E-state index in [0.29, 0.717) is 25.1 Å². The molecule has 0 spiro atoms. The molecule has 200 valence electrons. The standard InChI is InChI=1S/C27H36N4O6/c1-27(2,3)37-26(36)29-19-7-5-17(6-8-19)21(15-32)28-13-16-4-9-20-18(12-16)14-31(25(20)35)22-10-11-23(33)30-24(22)34/h4,9,12,15,17,19,21-22,28H,5-8,10-11,13-14H2,1-3H3,(H,29,36)(H,30,33,34). The Morgan fingerprint density at radius 3 is 2.54 bits per heavy atom. The van der Waals surface area contributed by atoms with Crippen LogP contribution >= 0.6 is 0 Å². The zero-order valence-corrected chi connectivity index (χ0v) is 21.7. The summed E-state index contributed by atoms with van der Waals surface area (Å²) in [6.45, 7) is 6.28. The SMILES string of the molecule is CC(C)(C)OC(=O)NC1CCC(C(C=O)NCc2ccc3c(c2)CN(C2CCC(=O)NC2=O)C3=O)CC1. The van der Waals surface area contributed by atoms with Crippen LogP contribution in [0.1, 0.15) is 80.8 Å². The predicted molar refractivity (Wildman–Crippen MR) is 134 cm³/mol. The van der Waals surface area contributed by atoms with Crippen molar-refractivity contribution >= 4 is 30.1 Å². The molecule has 37 heavy (non-hydrogen) atoms. The van der Waals surface area contributed by atoms with Gasteiger partial charge in [0.2, 0.25) is 11.8 Å². The number of aldehydes is 1. The van der Waals surface area contributed by atoms with Crippen molar-refractivity contribution in [3.63, 3.8) is 0 Å². The van der Waals surface area contributed by atoms with Crippen molar-refractivity contribution in [3.8, 4) is 0 Å². The van der Waals surface area contributed by atoms with Crippen LogP contribution in [0.25, 0.3) is 0 Å². The van der Waals surface area contributed by atoms with E-state index in [-0.39, 0.29) is 36.2 Å². The number of nitrogens with zero attached hydrogens (tertiary/aromatic N) is 1. The summed E-state index contributed by atoms with van der Waals surface area (Å²) in [4.78, 5) is 62.0. The van der Waals surface area contributed by atoms with Crippen LogP contribution in [0.15, 0.2) is 18.2 Å². The number of imide groups is 1. The van der Waals surface area contributed by atoms with E-state index in [1.807, 2.05) is 32.9 Å². The second-order valence-electron chi connectivity index (χ2n) is 11.2. The van der Waals surface area contributed by atoms with E-state index in [1.165, 1.54) is 4.90 Å². The molecule has 1 aromatic carbocycles. The molecule has 2 atom stereocenters. The van der Waals surface area contributed by atoms with E-state index < -0.39 is 23.6 Å². The van der Waals surface area contributed by atoms with Crippen molar-refractivity contribution in [1.29, 1.82) is 0 Å². The van der Waals surface area contributed by atoms with Gasteiger partial charge in [-0.3, -0.25) is 19.7 Å². The average molecular weight is 513 g/mol. The lowest BCUT2D eigenvalue weighted by Gasteiger charge is -2.33. The number of carbonyl (C=O) groups is 5. The highest BCUT2D eigenvalue weighted by atomic mass is 16.6. The van der Waals surface area contributed by atoms with Gasteiger partial charge in [-0.1, -0.05) is 12.1 Å². The first-order chi connectivity index (χ1) is 17.5. The molecule has 3 N–H and O–H groups in total. The fraction of sp³-hybridized carbons (Fsp3) is 0.593. The second-order valence-corrected chi connectivity index (χ2v) is 11.2. The number of benzene rings is 1. The highest BCUT2D eigenvalue weighted by molar-refractivity contribution is 6.05. The first-order valence-electron chi connectivity index (χ1n) is 13.0. The molecule has 10 heteroatoms. The number of hydrogen-bond acceptors (Lipinski definition) is 7. The molecule has 2 fully saturated rings. The van der Waals surface area contributed by atoms with Gasteiger partial charge < -0.3 is 25.1 Å². The van der Waals surface area contributed by atoms with Gasteiger partial charge in [0.05, 0.1) is 6.04 Å². The van der Waals surface area contributed by atoms with Gasteiger partial charge in [-0.25, -0.2) is 4.79 Å². The monoisotopic (exact) mass is 512 g/mol. The number of ether oxygens (including phenoxy) is 1. The smallest absolute Gasteiger partial charge is 0.407 e. The maximum absolute atomic E-state index is 12.9. The Bertz CT molecular complexity index is 1070. The maximum atomic E-state index is 12.9. The Hall–Kier alpha value is -3.27. The predicted octanol–water partition coefficient (Wildman–Crippen LogP) is 2.19. The molecule has 1 aliphatic carbocycles. The van der Waals surface area contributed by atoms with E-state index in [0.717, 1.165) is 43.1 Å². The lowest BCUT2D eigenvalue weighted by atomic mass is 9.82. The molecule has 1 saturated carbocycles. The van der Waals surface area contributed by atoms with E-state index in [4.69, 9.17) is 4.74 Å². The molecule has 1 aromatic rings. The molecular weight excluding hydrogens is 476 g/mol. The van der Waals surface area contributed by atoms with Crippen LogP contribution in [-0.2, 0) is 32.2 Å². The van der Waals surface area contributed by atoms with Crippen LogP contribution < -0.4 is 16.0 Å². The summed E-state index contributed by atoms with van der Waals surface area (Å²) in [5, 5.41) is 8.59. The van der Waals surface area contributed by atoms with Crippen molar-refractivity contribution in [2.75, 3.05) is 0 Å². The van der Waals surface area contributed by atoms with Crippen molar-refractivity contribution in [1.82, 2.24) is 20.9 Å². The Morgan fingerprint density at radius 2 is 1.89 bits per heavy atom. The van der Waals surface area contributed by atoms with E-state index >= 15 is 0 Å². The quantitative estimate of drug-likeness (QED) is 0.377. The first kappa shape index (κ1) is 26.8. The molecule has 2 aliphatic heterocycles. The first-order valence-corrected chi connectivity index (χ1v) is 13.0. The third kappa shape index (κ3) is 6.54. The molecule has 1 saturated heterocycles. The third-order valence-electron chi connectivity index (χ3n) is 7.28. The number of nitrogens with one attached hydrogen (secondary N) is 3. The molecule has 2 heterocycles. The molecular formula is C27H36N4O6. The summed E-state index contributed by atoms with van der Waals surface area (Å²) >= 11 is 0. The summed E-state index contributed by atoms with van der Waals surface area (Å²) in [5.74, 6) is -0.764. The fourth-order valence-electron chi connectivity index (χ4n) is 5.40. The van der Waals surface area contributed by atoms with E-state index in [1.54, 1.807) is 6.07 Å². The van der Waals surface area contributed by atoms with Gasteiger partial charge in [0.25, 0.3) is 5.91 Å². The van der Waals surface area contributed by atoms with Crippen LogP contribution in [-0.4, -0.2) is 58.7 Å². The minimum atomic E-state index is -0.640. The lowest BCUT2D eigenvalue weighted by Crippen LogP contribution is -2.52. The van der Waals surface area contributed by atoms with Crippen molar-refractivity contribution in [2.45, 2.75) is 96.1 Å². The topological polar surface area (TPSA) is 134 Å². The molecule has 2 unspecified atom stereocenters. The zero-order valence-electron chi connectivity index (χ0n) is 21.7. The molecule has 4 rings (SSSR count). The highest BCUT2D eigenvalue weighted by Gasteiger charge is 2.39. The summed E-state index contributed by atoms with van der Waals surface area (Å²) in [7, 11) is 0. The Labute approximate surface area is 216 Å². The fourth-order valence-corrected chi connectivity index (χ4v) is 5.40. The molecule has 0 bridgehead atoms. The summed E-state index contributed by atoms with van der Waals surface area (Å²) < 4.78 is 5.34. The van der Waals surface area contributed by atoms with Crippen LogP contribution in [0.4, 0.5) is 4.79 Å². The number of amides is 4. The summed E-state index contributed by atoms with van der Waals surface area (Å²) in [6.07, 6.45) is 4.29. The van der Waals surface area contributed by atoms with Crippen LogP contribution in [0.2, 0.25) is 0 Å². The van der Waals surface area contributed by atoms with Crippen molar-refractivity contribution in [2.24, 2.45) is 5.92 Å². The molecule has 0 radical (unpaired) electrons. The normalized spacial score (nSPS) is 24.8. The number of alkyl carbamates (subject to hydrolysis) is 1. The molecule has 4 amide bonds. The van der Waals surface area contributed by atoms with Crippen LogP contribution in [0.3, 0.4) is 0 Å². The highest BCUT2D eigenvalue weighted by Crippen LogP contribution is 2.29. The molecule has 10 nitrogen and oxygen atoms in total. The van der Waals surface area contributed by atoms with Gasteiger partial charge >= 0.3 is 6.09 Å². The molecule has 3 aliphatic rings. The number of rotatable bonds is 7. The number of hydrogen-bond donors (Lipinski definition) is 3.